The van der Waals surface area contributed by atoms with Crippen LogP contribution in [0.25, 0.3) is 0 Å². The highest BCUT2D eigenvalue weighted by molar-refractivity contribution is 6.22. The summed E-state index contributed by atoms with van der Waals surface area (Å²) in [5, 5.41) is 3.15. The third kappa shape index (κ3) is 2.62. The van der Waals surface area contributed by atoms with E-state index in [9.17, 15) is 14.4 Å². The second-order valence-electron chi connectivity index (χ2n) is 9.31. The van der Waals surface area contributed by atoms with Crippen LogP contribution < -0.4 is 5.32 Å². The van der Waals surface area contributed by atoms with Crippen molar-refractivity contribution in [2.75, 3.05) is 6.54 Å². The fourth-order valence-corrected chi connectivity index (χ4v) is 6.67. The van der Waals surface area contributed by atoms with Gasteiger partial charge < -0.3 is 5.32 Å². The third-order valence-corrected chi connectivity index (χ3v) is 7.56. The molecule has 1 aliphatic heterocycles. The summed E-state index contributed by atoms with van der Waals surface area (Å²) in [5.41, 5.74) is 1.00. The van der Waals surface area contributed by atoms with Gasteiger partial charge in [-0.1, -0.05) is 12.1 Å². The van der Waals surface area contributed by atoms with Gasteiger partial charge in [0.25, 0.3) is 11.8 Å². The van der Waals surface area contributed by atoms with Gasteiger partial charge in [-0.2, -0.15) is 0 Å². The van der Waals surface area contributed by atoms with E-state index in [1.54, 1.807) is 24.3 Å². The second kappa shape index (κ2) is 5.91. The molecule has 4 bridgehead atoms. The molecule has 4 saturated carbocycles. The Kier molecular flexibility index (Phi) is 3.72. The van der Waals surface area contributed by atoms with E-state index in [0.717, 1.165) is 22.7 Å². The summed E-state index contributed by atoms with van der Waals surface area (Å²) in [6.07, 6.45) is 7.76. The molecule has 3 amide bonds. The van der Waals surface area contributed by atoms with Crippen molar-refractivity contribution in [2.24, 2.45) is 23.2 Å². The number of nitrogens with one attached hydrogen (secondary N) is 1. The maximum Gasteiger partial charge on any atom is 0.262 e. The van der Waals surface area contributed by atoms with Gasteiger partial charge in [0, 0.05) is 6.04 Å². The van der Waals surface area contributed by atoms with E-state index in [2.05, 4.69) is 12.2 Å². The van der Waals surface area contributed by atoms with Crippen LogP contribution in [0.1, 0.15) is 66.2 Å². The zero-order valence-corrected chi connectivity index (χ0v) is 15.7. The number of hydrogen-bond acceptors (Lipinski definition) is 3. The van der Waals surface area contributed by atoms with E-state index >= 15 is 0 Å². The molecule has 1 heterocycles. The number of hydrogen-bond donors (Lipinski definition) is 1. The van der Waals surface area contributed by atoms with Crippen molar-refractivity contribution in [2.45, 2.75) is 51.5 Å². The molecule has 4 aliphatic carbocycles. The molecule has 1 aromatic rings. The zero-order chi connectivity index (χ0) is 18.8. The highest BCUT2D eigenvalue weighted by Crippen LogP contribution is 2.61. The van der Waals surface area contributed by atoms with Crippen LogP contribution in [0.5, 0.6) is 0 Å². The topological polar surface area (TPSA) is 66.5 Å². The number of nitrogens with zero attached hydrogens (tertiary/aromatic N) is 1. The molecule has 5 heteroatoms. The smallest absolute Gasteiger partial charge is 0.262 e. The minimum absolute atomic E-state index is 0.0913. The van der Waals surface area contributed by atoms with E-state index in [-0.39, 0.29) is 35.7 Å². The Morgan fingerprint density at radius 3 is 2.00 bits per heavy atom. The molecule has 1 atom stereocenters. The maximum absolute atomic E-state index is 12.7. The number of fused-ring (bicyclic) bond motifs is 1. The molecule has 5 nitrogen and oxygen atoms in total. The van der Waals surface area contributed by atoms with Gasteiger partial charge in [0.2, 0.25) is 5.91 Å². The van der Waals surface area contributed by atoms with E-state index in [1.807, 2.05) is 0 Å². The van der Waals surface area contributed by atoms with Gasteiger partial charge in [-0.3, -0.25) is 19.3 Å². The van der Waals surface area contributed by atoms with Crippen molar-refractivity contribution < 1.29 is 14.4 Å². The van der Waals surface area contributed by atoms with Crippen LogP contribution >= 0.6 is 0 Å². The lowest BCUT2D eigenvalue weighted by molar-refractivity contribution is -0.126. The summed E-state index contributed by atoms with van der Waals surface area (Å²) in [7, 11) is 0. The van der Waals surface area contributed by atoms with Crippen LogP contribution in [-0.2, 0) is 4.79 Å². The van der Waals surface area contributed by atoms with Gasteiger partial charge in [-0.25, -0.2) is 0 Å². The Morgan fingerprint density at radius 2 is 1.52 bits per heavy atom. The van der Waals surface area contributed by atoms with Crippen molar-refractivity contribution in [3.8, 4) is 0 Å². The monoisotopic (exact) mass is 366 g/mol. The summed E-state index contributed by atoms with van der Waals surface area (Å²) in [5.74, 6) is 1.51. The second-order valence-corrected chi connectivity index (χ2v) is 9.31. The molecular formula is C22H26N2O3. The summed E-state index contributed by atoms with van der Waals surface area (Å²) in [6.45, 7) is 1.93. The number of carbonyl (C=O) groups excluding carboxylic acids is 3. The molecule has 0 spiro atoms. The Bertz CT molecular complexity index is 760. The fraction of sp³-hybridized carbons (Fsp3) is 0.591. The van der Waals surface area contributed by atoms with Crippen molar-refractivity contribution in [1.29, 1.82) is 0 Å². The van der Waals surface area contributed by atoms with E-state index in [4.69, 9.17) is 0 Å². The Labute approximate surface area is 159 Å². The van der Waals surface area contributed by atoms with Crippen molar-refractivity contribution >= 4 is 17.7 Å². The highest BCUT2D eigenvalue weighted by atomic mass is 16.2. The van der Waals surface area contributed by atoms with Gasteiger partial charge in [0.1, 0.15) is 6.54 Å². The number of amides is 3. The highest BCUT2D eigenvalue weighted by Gasteiger charge is 2.53. The molecule has 6 rings (SSSR count). The number of rotatable bonds is 4. The van der Waals surface area contributed by atoms with Crippen LogP contribution in [0, 0.1) is 23.2 Å². The SMILES string of the molecule is CC(NC(=O)CN1C(=O)c2ccccc2C1=O)C12CC3CC(CC(C3)C1)C2. The van der Waals surface area contributed by atoms with Gasteiger partial charge in [0.15, 0.2) is 0 Å². The van der Waals surface area contributed by atoms with Crippen LogP contribution in [0.2, 0.25) is 0 Å². The summed E-state index contributed by atoms with van der Waals surface area (Å²) >= 11 is 0. The van der Waals surface area contributed by atoms with Crippen molar-refractivity contribution in [3.63, 3.8) is 0 Å². The molecule has 0 saturated heterocycles. The number of carbonyl (C=O) groups is 3. The summed E-state index contributed by atoms with van der Waals surface area (Å²) in [4.78, 5) is 38.7. The lowest BCUT2D eigenvalue weighted by atomic mass is 9.48. The Hall–Kier alpha value is -2.17. The van der Waals surface area contributed by atoms with Crippen LogP contribution in [0.3, 0.4) is 0 Å². The normalized spacial score (nSPS) is 34.7. The van der Waals surface area contributed by atoms with Crippen LogP contribution in [0.4, 0.5) is 0 Å². The number of imide groups is 1. The molecule has 0 aromatic heterocycles. The van der Waals surface area contributed by atoms with Gasteiger partial charge in [-0.15, -0.1) is 0 Å². The lowest BCUT2D eigenvalue weighted by Gasteiger charge is -2.59. The van der Waals surface area contributed by atoms with E-state index in [1.165, 1.54) is 38.5 Å². The molecule has 1 unspecified atom stereocenters. The molecule has 5 aliphatic rings. The zero-order valence-electron chi connectivity index (χ0n) is 15.7. The largest absolute Gasteiger partial charge is 0.352 e. The van der Waals surface area contributed by atoms with Crippen molar-refractivity contribution in [3.05, 3.63) is 35.4 Å². The minimum atomic E-state index is -0.367. The summed E-state index contributed by atoms with van der Waals surface area (Å²) in [6, 6.07) is 6.86. The molecule has 4 fully saturated rings. The Morgan fingerprint density at radius 1 is 1.04 bits per heavy atom. The fourth-order valence-electron chi connectivity index (χ4n) is 6.67. The molecule has 142 valence electrons. The molecule has 0 radical (unpaired) electrons. The van der Waals surface area contributed by atoms with Crippen molar-refractivity contribution in [1.82, 2.24) is 10.2 Å². The first kappa shape index (κ1) is 17.0. The van der Waals surface area contributed by atoms with Gasteiger partial charge in [-0.05, 0) is 80.8 Å². The van der Waals surface area contributed by atoms with Gasteiger partial charge in [0.05, 0.1) is 11.1 Å². The van der Waals surface area contributed by atoms with Gasteiger partial charge >= 0.3 is 0 Å². The molecule has 27 heavy (non-hydrogen) atoms. The predicted octanol–water partition coefficient (Wildman–Crippen LogP) is 3.00. The van der Waals surface area contributed by atoms with Crippen LogP contribution in [-0.4, -0.2) is 35.2 Å². The third-order valence-electron chi connectivity index (χ3n) is 7.56. The first-order valence-electron chi connectivity index (χ1n) is 10.2. The quantitative estimate of drug-likeness (QED) is 0.833. The lowest BCUT2D eigenvalue weighted by Crippen LogP contribution is -2.56. The average Bonchev–Trinajstić information content (AvgIpc) is 2.86. The first-order valence-corrected chi connectivity index (χ1v) is 10.2. The molecule has 1 N–H and O–H groups in total. The predicted molar refractivity (Wildman–Crippen MR) is 100 cm³/mol. The summed E-state index contributed by atoms with van der Waals surface area (Å²) < 4.78 is 0. The van der Waals surface area contributed by atoms with E-state index < -0.39 is 0 Å². The van der Waals surface area contributed by atoms with Crippen LogP contribution in [0.15, 0.2) is 24.3 Å². The minimum Gasteiger partial charge on any atom is -0.352 e. The Balaban J connectivity index is 1.27. The standard InChI is InChI=1S/C22H26N2O3/c1-13(22-9-14-6-15(10-22)8-16(7-14)11-22)23-19(25)12-24-20(26)17-4-2-3-5-18(17)21(24)27/h2-5,13-16H,6-12H2,1H3,(H,23,25). The molecule has 1 aromatic carbocycles. The first-order chi connectivity index (χ1) is 12.9. The average molecular weight is 366 g/mol. The maximum atomic E-state index is 12.7. The molecular weight excluding hydrogens is 340 g/mol. The number of benzene rings is 1. The van der Waals surface area contributed by atoms with E-state index in [0.29, 0.717) is 11.1 Å².